The van der Waals surface area contributed by atoms with Gasteiger partial charge in [0.05, 0.1) is 0 Å². The average molecular weight is 328 g/mol. The number of hydrogen-bond acceptors (Lipinski definition) is 5. The molecule has 128 valence electrons. The Morgan fingerprint density at radius 1 is 1.12 bits per heavy atom. The summed E-state index contributed by atoms with van der Waals surface area (Å²) in [6.45, 7) is 2.59. The largest absolute Gasteiger partial charge is 0.424 e. The molecule has 1 aromatic carbocycles. The Bertz CT molecular complexity index is 644. The van der Waals surface area contributed by atoms with Gasteiger partial charge in [-0.3, -0.25) is 4.79 Å². The van der Waals surface area contributed by atoms with E-state index in [1.54, 1.807) is 30.5 Å². The van der Waals surface area contributed by atoms with Crippen LogP contribution in [0.2, 0.25) is 0 Å². The number of aromatic nitrogens is 2. The SMILES string of the molecule is Cc1ccnc(Oc2ccc(NC(=O)CCCCCCN)cc2)n1. The van der Waals surface area contributed by atoms with Gasteiger partial charge in [-0.15, -0.1) is 0 Å². The molecule has 0 atom stereocenters. The average Bonchev–Trinajstić information content (AvgIpc) is 2.56. The fourth-order valence-electron chi connectivity index (χ4n) is 2.19. The third-order valence-corrected chi connectivity index (χ3v) is 3.48. The van der Waals surface area contributed by atoms with E-state index in [2.05, 4.69) is 15.3 Å². The standard InChI is InChI=1S/C18H24N4O2/c1-14-11-13-20-18(21-14)24-16-9-7-15(8-10-16)22-17(23)6-4-2-3-5-12-19/h7-11,13H,2-6,12,19H2,1H3,(H,22,23). The van der Waals surface area contributed by atoms with Gasteiger partial charge in [0.15, 0.2) is 0 Å². The fraction of sp³-hybridized carbons (Fsp3) is 0.389. The van der Waals surface area contributed by atoms with Crippen molar-refractivity contribution in [3.63, 3.8) is 0 Å². The van der Waals surface area contributed by atoms with Gasteiger partial charge in [-0.2, -0.15) is 0 Å². The van der Waals surface area contributed by atoms with E-state index in [0.717, 1.165) is 37.1 Å². The van der Waals surface area contributed by atoms with Crippen molar-refractivity contribution in [2.75, 3.05) is 11.9 Å². The molecule has 6 nitrogen and oxygen atoms in total. The molecule has 0 aliphatic heterocycles. The lowest BCUT2D eigenvalue weighted by Gasteiger charge is -2.07. The van der Waals surface area contributed by atoms with Crippen molar-refractivity contribution in [2.24, 2.45) is 5.73 Å². The minimum atomic E-state index is 0.0263. The number of rotatable bonds is 9. The molecule has 0 saturated heterocycles. The van der Waals surface area contributed by atoms with Crippen molar-refractivity contribution >= 4 is 11.6 Å². The van der Waals surface area contributed by atoms with Crippen LogP contribution in [0.1, 0.15) is 37.8 Å². The second-order valence-electron chi connectivity index (χ2n) is 5.61. The molecule has 2 aromatic rings. The fourth-order valence-corrected chi connectivity index (χ4v) is 2.19. The topological polar surface area (TPSA) is 90.1 Å². The van der Waals surface area contributed by atoms with E-state index in [1.165, 1.54) is 0 Å². The van der Waals surface area contributed by atoms with Crippen molar-refractivity contribution in [3.8, 4) is 11.8 Å². The van der Waals surface area contributed by atoms with Gasteiger partial charge in [-0.25, -0.2) is 9.97 Å². The van der Waals surface area contributed by atoms with Gasteiger partial charge in [-0.1, -0.05) is 12.8 Å². The summed E-state index contributed by atoms with van der Waals surface area (Å²) in [6.07, 6.45) is 6.20. The molecule has 0 bridgehead atoms. The number of benzene rings is 1. The first kappa shape index (κ1) is 17.9. The Labute approximate surface area is 142 Å². The maximum absolute atomic E-state index is 11.9. The lowest BCUT2D eigenvalue weighted by atomic mass is 10.1. The first-order valence-corrected chi connectivity index (χ1v) is 8.25. The van der Waals surface area contributed by atoms with Crippen LogP contribution in [0.25, 0.3) is 0 Å². The highest BCUT2D eigenvalue weighted by Crippen LogP contribution is 2.20. The second kappa shape index (κ2) is 9.62. The number of amides is 1. The zero-order valence-electron chi connectivity index (χ0n) is 14.0. The van der Waals surface area contributed by atoms with E-state index in [0.29, 0.717) is 24.7 Å². The Morgan fingerprint density at radius 2 is 1.88 bits per heavy atom. The summed E-state index contributed by atoms with van der Waals surface area (Å²) in [5.41, 5.74) is 7.04. The molecular weight excluding hydrogens is 304 g/mol. The van der Waals surface area contributed by atoms with Gasteiger partial charge in [0.1, 0.15) is 5.75 Å². The molecular formula is C18H24N4O2. The van der Waals surface area contributed by atoms with Crippen LogP contribution >= 0.6 is 0 Å². The van der Waals surface area contributed by atoms with Crippen LogP contribution in [0, 0.1) is 6.92 Å². The quantitative estimate of drug-likeness (QED) is 0.688. The Kier molecular flexibility index (Phi) is 7.17. The Hall–Kier alpha value is -2.47. The van der Waals surface area contributed by atoms with Crippen LogP contribution < -0.4 is 15.8 Å². The number of nitrogens with two attached hydrogens (primary N) is 1. The third kappa shape index (κ3) is 6.34. The summed E-state index contributed by atoms with van der Waals surface area (Å²) in [5.74, 6) is 0.652. The van der Waals surface area contributed by atoms with Crippen molar-refractivity contribution in [3.05, 3.63) is 42.2 Å². The lowest BCUT2D eigenvalue weighted by Crippen LogP contribution is -2.11. The number of carbonyl (C=O) groups is 1. The highest BCUT2D eigenvalue weighted by atomic mass is 16.5. The van der Waals surface area contributed by atoms with Gasteiger partial charge in [-0.05, 0) is 56.6 Å². The maximum Gasteiger partial charge on any atom is 0.322 e. The minimum Gasteiger partial charge on any atom is -0.424 e. The van der Waals surface area contributed by atoms with Gasteiger partial charge in [0.25, 0.3) is 0 Å². The highest BCUT2D eigenvalue weighted by molar-refractivity contribution is 5.90. The van der Waals surface area contributed by atoms with Gasteiger partial charge in [0, 0.05) is 24.0 Å². The van der Waals surface area contributed by atoms with Crippen LogP contribution in [-0.2, 0) is 4.79 Å². The van der Waals surface area contributed by atoms with Crippen LogP contribution in [-0.4, -0.2) is 22.4 Å². The smallest absolute Gasteiger partial charge is 0.322 e. The number of hydrogen-bond donors (Lipinski definition) is 2. The van der Waals surface area contributed by atoms with E-state index in [-0.39, 0.29) is 5.91 Å². The van der Waals surface area contributed by atoms with Gasteiger partial charge in [0.2, 0.25) is 5.91 Å². The molecule has 0 unspecified atom stereocenters. The molecule has 0 saturated carbocycles. The minimum absolute atomic E-state index is 0.0263. The first-order chi connectivity index (χ1) is 11.7. The summed E-state index contributed by atoms with van der Waals surface area (Å²) in [6, 6.07) is 9.28. The zero-order chi connectivity index (χ0) is 17.2. The van der Waals surface area contributed by atoms with E-state index < -0.39 is 0 Å². The number of nitrogens with zero attached hydrogens (tertiary/aromatic N) is 2. The monoisotopic (exact) mass is 328 g/mol. The molecule has 0 radical (unpaired) electrons. The lowest BCUT2D eigenvalue weighted by molar-refractivity contribution is -0.116. The van der Waals surface area contributed by atoms with Crippen LogP contribution in [0.3, 0.4) is 0 Å². The second-order valence-corrected chi connectivity index (χ2v) is 5.61. The van der Waals surface area contributed by atoms with Crippen LogP contribution in [0.4, 0.5) is 5.69 Å². The molecule has 1 aromatic heterocycles. The molecule has 1 amide bonds. The molecule has 1 heterocycles. The molecule has 0 fully saturated rings. The molecule has 6 heteroatoms. The molecule has 0 aliphatic rings. The van der Waals surface area contributed by atoms with E-state index in [9.17, 15) is 4.79 Å². The van der Waals surface area contributed by atoms with Gasteiger partial charge >= 0.3 is 6.01 Å². The summed E-state index contributed by atoms with van der Waals surface area (Å²) < 4.78 is 5.58. The first-order valence-electron chi connectivity index (χ1n) is 8.25. The summed E-state index contributed by atoms with van der Waals surface area (Å²) in [7, 11) is 0. The van der Waals surface area contributed by atoms with E-state index in [4.69, 9.17) is 10.5 Å². The third-order valence-electron chi connectivity index (χ3n) is 3.48. The predicted molar refractivity (Wildman–Crippen MR) is 94.1 cm³/mol. The number of aryl methyl sites for hydroxylation is 1. The van der Waals surface area contributed by atoms with Gasteiger partial charge < -0.3 is 15.8 Å². The Balaban J connectivity index is 1.78. The van der Waals surface area contributed by atoms with Crippen LogP contribution in [0.15, 0.2) is 36.5 Å². The predicted octanol–water partition coefficient (Wildman–Crippen LogP) is 3.43. The van der Waals surface area contributed by atoms with Crippen molar-refractivity contribution in [1.29, 1.82) is 0 Å². The van der Waals surface area contributed by atoms with E-state index in [1.807, 2.05) is 13.0 Å². The summed E-state index contributed by atoms with van der Waals surface area (Å²) in [5, 5.41) is 2.88. The van der Waals surface area contributed by atoms with E-state index >= 15 is 0 Å². The van der Waals surface area contributed by atoms with Crippen molar-refractivity contribution in [1.82, 2.24) is 9.97 Å². The molecule has 3 N–H and O–H groups in total. The zero-order valence-corrected chi connectivity index (χ0v) is 14.0. The molecule has 24 heavy (non-hydrogen) atoms. The summed E-state index contributed by atoms with van der Waals surface area (Å²) in [4.78, 5) is 20.1. The van der Waals surface area contributed by atoms with Crippen LogP contribution in [0.5, 0.6) is 11.8 Å². The Morgan fingerprint density at radius 3 is 2.58 bits per heavy atom. The molecule has 0 aliphatic carbocycles. The normalized spacial score (nSPS) is 10.4. The summed E-state index contributed by atoms with van der Waals surface area (Å²) >= 11 is 0. The van der Waals surface area contributed by atoms with Crippen molar-refractivity contribution < 1.29 is 9.53 Å². The number of anilines is 1. The van der Waals surface area contributed by atoms with Crippen molar-refractivity contribution in [2.45, 2.75) is 39.0 Å². The molecule has 2 rings (SSSR count). The number of carbonyl (C=O) groups excluding carboxylic acids is 1. The number of unbranched alkanes of at least 4 members (excludes halogenated alkanes) is 3. The number of nitrogens with one attached hydrogen (secondary N) is 1. The number of ether oxygens (including phenoxy) is 1. The highest BCUT2D eigenvalue weighted by Gasteiger charge is 2.04. The molecule has 0 spiro atoms. The maximum atomic E-state index is 11.9.